The van der Waals surface area contributed by atoms with Gasteiger partial charge in [0.05, 0.1) is 11.8 Å². The van der Waals surface area contributed by atoms with Gasteiger partial charge >= 0.3 is 5.97 Å². The van der Waals surface area contributed by atoms with E-state index in [1.807, 2.05) is 58.0 Å². The number of carbonyl (C=O) groups excluding carboxylic acids is 4. The molecule has 1 saturated carbocycles. The predicted octanol–water partition coefficient (Wildman–Crippen LogP) is 3.66. The van der Waals surface area contributed by atoms with E-state index in [-0.39, 0.29) is 41.8 Å². The SMILES string of the molecule is CC1=CC2(O)C(C3(C)CC(C)CC(C)C(=O)O3)CC(=O)C23C(=O)N(C)C(=O)C(c2ccccc2)C3C1C. The number of esters is 1. The van der Waals surface area contributed by atoms with Crippen LogP contribution in [0.5, 0.6) is 0 Å². The first-order valence-corrected chi connectivity index (χ1v) is 13.3. The summed E-state index contributed by atoms with van der Waals surface area (Å²) in [4.78, 5) is 56.1. The second kappa shape index (κ2) is 8.35. The van der Waals surface area contributed by atoms with Gasteiger partial charge in [0.1, 0.15) is 16.6 Å². The average Bonchev–Trinajstić information content (AvgIpc) is 3.01. The summed E-state index contributed by atoms with van der Waals surface area (Å²) in [5, 5.41) is 12.8. The van der Waals surface area contributed by atoms with E-state index in [4.69, 9.17) is 4.74 Å². The third-order valence-electron chi connectivity index (χ3n) is 9.94. The molecule has 1 aromatic carbocycles. The van der Waals surface area contributed by atoms with Crippen molar-refractivity contribution >= 4 is 23.6 Å². The van der Waals surface area contributed by atoms with E-state index in [9.17, 15) is 24.3 Å². The first kappa shape index (κ1) is 25.8. The molecule has 3 fully saturated rings. The minimum atomic E-state index is -1.91. The molecule has 2 aliphatic heterocycles. The number of ketones is 1. The number of rotatable bonds is 2. The molecule has 1 N–H and O–H groups in total. The van der Waals surface area contributed by atoms with Crippen LogP contribution in [0.15, 0.2) is 42.0 Å². The predicted molar refractivity (Wildman–Crippen MR) is 136 cm³/mol. The maximum atomic E-state index is 14.3. The summed E-state index contributed by atoms with van der Waals surface area (Å²) in [6, 6.07) is 9.21. The van der Waals surface area contributed by atoms with Crippen LogP contribution in [0.4, 0.5) is 0 Å². The molecule has 1 aromatic rings. The summed E-state index contributed by atoms with van der Waals surface area (Å²) in [5.74, 6) is -4.62. The lowest BCUT2D eigenvalue weighted by molar-refractivity contribution is -0.199. The Labute approximate surface area is 218 Å². The monoisotopic (exact) mass is 507 g/mol. The number of ether oxygens (including phenoxy) is 1. The van der Waals surface area contributed by atoms with Gasteiger partial charge in [0.25, 0.3) is 0 Å². The van der Waals surface area contributed by atoms with Crippen LogP contribution >= 0.6 is 0 Å². The van der Waals surface area contributed by atoms with Crippen LogP contribution in [0.3, 0.4) is 0 Å². The van der Waals surface area contributed by atoms with Crippen LogP contribution in [0, 0.1) is 35.0 Å². The molecule has 4 aliphatic rings. The number of hydrogen-bond acceptors (Lipinski definition) is 6. The van der Waals surface area contributed by atoms with Crippen LogP contribution in [0.1, 0.15) is 65.4 Å². The second-order valence-corrected chi connectivity index (χ2v) is 12.3. The molecule has 0 aromatic heterocycles. The molecule has 2 heterocycles. The molecule has 2 amide bonds. The van der Waals surface area contributed by atoms with E-state index in [1.165, 1.54) is 7.05 Å². The molecule has 37 heavy (non-hydrogen) atoms. The maximum absolute atomic E-state index is 14.3. The van der Waals surface area contributed by atoms with Crippen LogP contribution in [-0.2, 0) is 23.9 Å². The Morgan fingerprint density at radius 2 is 1.70 bits per heavy atom. The zero-order chi connectivity index (χ0) is 27.1. The lowest BCUT2D eigenvalue weighted by Crippen LogP contribution is -2.72. The highest BCUT2D eigenvalue weighted by atomic mass is 16.6. The van der Waals surface area contributed by atoms with Crippen LogP contribution in [-0.4, -0.2) is 51.8 Å². The molecule has 0 bridgehead atoms. The molecule has 5 rings (SSSR count). The molecule has 198 valence electrons. The lowest BCUT2D eigenvalue weighted by atomic mass is 9.48. The van der Waals surface area contributed by atoms with Crippen molar-refractivity contribution in [3.8, 4) is 0 Å². The van der Waals surface area contributed by atoms with Crippen molar-refractivity contribution in [3.63, 3.8) is 0 Å². The molecular formula is C30H37NO6. The fourth-order valence-electron chi connectivity index (χ4n) is 8.26. The van der Waals surface area contributed by atoms with E-state index < -0.39 is 40.3 Å². The van der Waals surface area contributed by atoms with Crippen LogP contribution in [0.2, 0.25) is 0 Å². The van der Waals surface area contributed by atoms with Gasteiger partial charge in [-0.15, -0.1) is 0 Å². The molecule has 0 radical (unpaired) electrons. The Hall–Kier alpha value is -2.80. The Kier molecular flexibility index (Phi) is 5.83. The number of imide groups is 1. The van der Waals surface area contributed by atoms with E-state index in [0.717, 1.165) is 10.5 Å². The number of likely N-dealkylation sites (tertiary alicyclic amines) is 1. The number of aliphatic hydroxyl groups is 1. The molecule has 2 saturated heterocycles. The highest BCUT2D eigenvalue weighted by molar-refractivity contribution is 6.17. The average molecular weight is 508 g/mol. The Bertz CT molecular complexity index is 1210. The van der Waals surface area contributed by atoms with Crippen molar-refractivity contribution in [3.05, 3.63) is 47.5 Å². The largest absolute Gasteiger partial charge is 0.459 e. The number of piperidine rings is 1. The first-order chi connectivity index (χ1) is 17.3. The number of nitrogens with zero attached hydrogens (tertiary/aromatic N) is 1. The number of cyclic esters (lactones) is 1. The smallest absolute Gasteiger partial charge is 0.309 e. The molecule has 9 unspecified atom stereocenters. The van der Waals surface area contributed by atoms with Crippen molar-refractivity contribution < 1.29 is 29.0 Å². The van der Waals surface area contributed by atoms with Crippen molar-refractivity contribution in [1.29, 1.82) is 0 Å². The highest BCUT2D eigenvalue weighted by Crippen LogP contribution is 2.67. The highest BCUT2D eigenvalue weighted by Gasteiger charge is 2.79. The third kappa shape index (κ3) is 3.28. The van der Waals surface area contributed by atoms with Gasteiger partial charge in [-0.1, -0.05) is 62.8 Å². The molecular weight excluding hydrogens is 470 g/mol. The van der Waals surface area contributed by atoms with E-state index >= 15 is 0 Å². The second-order valence-electron chi connectivity index (χ2n) is 12.3. The number of benzene rings is 1. The quantitative estimate of drug-likeness (QED) is 0.284. The maximum Gasteiger partial charge on any atom is 0.309 e. The summed E-state index contributed by atoms with van der Waals surface area (Å²) >= 11 is 0. The number of Topliss-reactive ketones (excluding diaryl/α,β-unsaturated/α-hetero) is 1. The van der Waals surface area contributed by atoms with Gasteiger partial charge in [-0.3, -0.25) is 24.1 Å². The standard InChI is InChI=1S/C30H37NO6/c1-16-12-17(2)26(34)37-28(5,14-16)21-13-22(32)30-24(19(4)18(3)15-29(21,30)36)23(20-10-8-7-9-11-20)25(33)31(6)27(30)35/h7-11,15-17,19,21,23-24,36H,12-14H2,1-6H3. The molecule has 9 atom stereocenters. The summed E-state index contributed by atoms with van der Waals surface area (Å²) in [5.41, 5.74) is -3.38. The summed E-state index contributed by atoms with van der Waals surface area (Å²) in [6.07, 6.45) is 2.69. The van der Waals surface area contributed by atoms with Crippen molar-refractivity contribution in [2.24, 2.45) is 35.0 Å². The van der Waals surface area contributed by atoms with E-state index in [0.29, 0.717) is 18.4 Å². The fourth-order valence-corrected chi connectivity index (χ4v) is 8.26. The van der Waals surface area contributed by atoms with Gasteiger partial charge in [-0.25, -0.2) is 0 Å². The summed E-state index contributed by atoms with van der Waals surface area (Å²) in [6.45, 7) is 9.48. The topological polar surface area (TPSA) is 101 Å². The molecule has 2 aliphatic carbocycles. The number of carbonyl (C=O) groups is 4. The zero-order valence-corrected chi connectivity index (χ0v) is 22.5. The first-order valence-electron chi connectivity index (χ1n) is 13.3. The van der Waals surface area contributed by atoms with Gasteiger partial charge < -0.3 is 9.84 Å². The van der Waals surface area contributed by atoms with Gasteiger partial charge in [0.15, 0.2) is 5.78 Å². The number of allylic oxidation sites excluding steroid dienone is 1. The van der Waals surface area contributed by atoms with Gasteiger partial charge in [-0.05, 0) is 44.1 Å². The Morgan fingerprint density at radius 1 is 1.05 bits per heavy atom. The van der Waals surface area contributed by atoms with Gasteiger partial charge in [0.2, 0.25) is 11.8 Å². The fraction of sp³-hybridized carbons (Fsp3) is 0.600. The number of likely N-dealkylation sites (N-methyl/N-ethyl adjacent to an activating group) is 1. The van der Waals surface area contributed by atoms with Crippen molar-refractivity contribution in [2.45, 2.75) is 71.0 Å². The van der Waals surface area contributed by atoms with E-state index in [1.54, 1.807) is 13.0 Å². The Morgan fingerprint density at radius 3 is 2.35 bits per heavy atom. The zero-order valence-electron chi connectivity index (χ0n) is 22.5. The van der Waals surface area contributed by atoms with Crippen LogP contribution in [0.25, 0.3) is 0 Å². The molecule has 1 spiro atoms. The Balaban J connectivity index is 1.75. The normalized spacial score (nSPS) is 44.1. The minimum Gasteiger partial charge on any atom is -0.459 e. The summed E-state index contributed by atoms with van der Waals surface area (Å²) in [7, 11) is 1.40. The van der Waals surface area contributed by atoms with Gasteiger partial charge in [0, 0.05) is 25.3 Å². The van der Waals surface area contributed by atoms with Crippen molar-refractivity contribution in [1.82, 2.24) is 4.90 Å². The minimum absolute atomic E-state index is 0.107. The number of hydrogen-bond donors (Lipinski definition) is 1. The van der Waals surface area contributed by atoms with Gasteiger partial charge in [-0.2, -0.15) is 0 Å². The number of amides is 2. The third-order valence-corrected chi connectivity index (χ3v) is 9.94. The molecule has 7 nitrogen and oxygen atoms in total. The van der Waals surface area contributed by atoms with Crippen molar-refractivity contribution in [2.75, 3.05) is 7.05 Å². The van der Waals surface area contributed by atoms with Crippen LogP contribution < -0.4 is 0 Å². The summed E-state index contributed by atoms with van der Waals surface area (Å²) < 4.78 is 6.09. The lowest BCUT2D eigenvalue weighted by Gasteiger charge is -2.58. The molecule has 7 heteroatoms. The van der Waals surface area contributed by atoms with E-state index in [2.05, 4.69) is 0 Å².